The minimum atomic E-state index is -0.0533. The van der Waals surface area contributed by atoms with Crippen molar-refractivity contribution in [1.82, 2.24) is 15.2 Å². The molecular formula is C12H12N4O2. The van der Waals surface area contributed by atoms with Gasteiger partial charge in [-0.15, -0.1) is 5.10 Å². The number of carbonyl (C=O) groups excluding carboxylic acids is 1. The number of amides is 1. The van der Waals surface area contributed by atoms with E-state index in [4.69, 9.17) is 4.42 Å². The first-order valence-electron chi connectivity index (χ1n) is 5.80. The average molecular weight is 244 g/mol. The first kappa shape index (κ1) is 10.9. The van der Waals surface area contributed by atoms with Gasteiger partial charge in [0, 0.05) is 12.1 Å². The molecule has 6 nitrogen and oxygen atoms in total. The first-order valence-corrected chi connectivity index (χ1v) is 5.80. The summed E-state index contributed by atoms with van der Waals surface area (Å²) in [6, 6.07) is 3.86. The zero-order valence-corrected chi connectivity index (χ0v) is 9.88. The molecule has 1 fully saturated rings. The van der Waals surface area contributed by atoms with Gasteiger partial charge < -0.3 is 4.42 Å². The van der Waals surface area contributed by atoms with E-state index in [0.717, 1.165) is 18.4 Å². The largest absolute Gasteiger partial charge is 0.401 e. The number of hydrogen-bond acceptors (Lipinski definition) is 5. The van der Waals surface area contributed by atoms with Crippen LogP contribution in [0.2, 0.25) is 0 Å². The molecule has 0 atom stereocenters. The standard InChI is InChI=1S/C12H12N4O2/c1-7-4-5-13-9(6-7)11-15-16-12(18-11)14-10(17)8-2-3-8/h4-6,8H,2-3H2,1H3,(H,14,16,17). The Morgan fingerprint density at radius 1 is 1.44 bits per heavy atom. The Labute approximate surface area is 103 Å². The maximum atomic E-state index is 11.5. The third-order valence-electron chi connectivity index (χ3n) is 2.74. The van der Waals surface area contributed by atoms with Crippen LogP contribution in [0.1, 0.15) is 18.4 Å². The molecule has 1 N–H and O–H groups in total. The van der Waals surface area contributed by atoms with E-state index < -0.39 is 0 Å². The number of carbonyl (C=O) groups is 1. The Hall–Kier alpha value is -2.24. The molecule has 1 aliphatic rings. The van der Waals surface area contributed by atoms with Crippen LogP contribution in [0, 0.1) is 12.8 Å². The Kier molecular flexibility index (Phi) is 2.55. The van der Waals surface area contributed by atoms with E-state index in [1.807, 2.05) is 19.1 Å². The van der Waals surface area contributed by atoms with Gasteiger partial charge in [0.05, 0.1) is 0 Å². The highest BCUT2D eigenvalue weighted by Gasteiger charge is 2.30. The van der Waals surface area contributed by atoms with Gasteiger partial charge in [-0.25, -0.2) is 0 Å². The highest BCUT2D eigenvalue weighted by Crippen LogP contribution is 2.30. The second-order valence-corrected chi connectivity index (χ2v) is 4.39. The lowest BCUT2D eigenvalue weighted by Gasteiger charge is -1.97. The molecule has 92 valence electrons. The molecule has 0 spiro atoms. The number of rotatable bonds is 3. The highest BCUT2D eigenvalue weighted by molar-refractivity contribution is 5.92. The van der Waals surface area contributed by atoms with Crippen LogP contribution >= 0.6 is 0 Å². The summed E-state index contributed by atoms with van der Waals surface area (Å²) < 4.78 is 5.36. The second-order valence-electron chi connectivity index (χ2n) is 4.39. The summed E-state index contributed by atoms with van der Waals surface area (Å²) in [5.74, 6) is 0.365. The predicted octanol–water partition coefficient (Wildman–Crippen LogP) is 1.79. The van der Waals surface area contributed by atoms with Crippen molar-refractivity contribution in [3.05, 3.63) is 23.9 Å². The fraction of sp³-hybridized carbons (Fsp3) is 0.333. The lowest BCUT2D eigenvalue weighted by molar-refractivity contribution is -0.117. The Morgan fingerprint density at radius 3 is 3.00 bits per heavy atom. The van der Waals surface area contributed by atoms with Crippen LogP contribution in [0.5, 0.6) is 0 Å². The molecule has 2 heterocycles. The smallest absolute Gasteiger partial charge is 0.322 e. The van der Waals surface area contributed by atoms with E-state index in [-0.39, 0.29) is 17.8 Å². The molecule has 1 saturated carbocycles. The molecule has 0 radical (unpaired) electrons. The highest BCUT2D eigenvalue weighted by atomic mass is 16.4. The fourth-order valence-electron chi connectivity index (χ4n) is 1.58. The maximum Gasteiger partial charge on any atom is 0.322 e. The van der Waals surface area contributed by atoms with Crippen molar-refractivity contribution in [1.29, 1.82) is 0 Å². The van der Waals surface area contributed by atoms with E-state index >= 15 is 0 Å². The van der Waals surface area contributed by atoms with Crippen LogP contribution in [0.25, 0.3) is 11.6 Å². The van der Waals surface area contributed by atoms with Gasteiger partial charge in [-0.1, -0.05) is 5.10 Å². The van der Waals surface area contributed by atoms with Crippen molar-refractivity contribution in [2.24, 2.45) is 5.92 Å². The van der Waals surface area contributed by atoms with Crippen molar-refractivity contribution >= 4 is 11.9 Å². The van der Waals surface area contributed by atoms with Gasteiger partial charge in [0.25, 0.3) is 5.89 Å². The number of pyridine rings is 1. The summed E-state index contributed by atoms with van der Waals surface area (Å²) in [5.41, 5.74) is 1.66. The van der Waals surface area contributed by atoms with E-state index in [9.17, 15) is 4.79 Å². The number of nitrogens with zero attached hydrogens (tertiary/aromatic N) is 3. The summed E-state index contributed by atoms with van der Waals surface area (Å²) in [4.78, 5) is 15.7. The van der Waals surface area contributed by atoms with E-state index in [1.165, 1.54) is 0 Å². The normalized spacial score (nSPS) is 14.5. The molecule has 0 bridgehead atoms. The van der Waals surface area contributed by atoms with Crippen LogP contribution in [0.15, 0.2) is 22.7 Å². The van der Waals surface area contributed by atoms with Crippen LogP contribution in [0.4, 0.5) is 6.01 Å². The molecule has 2 aromatic rings. The SMILES string of the molecule is Cc1ccnc(-c2nnc(NC(=O)C3CC3)o2)c1. The minimum Gasteiger partial charge on any atom is -0.401 e. The van der Waals surface area contributed by atoms with Gasteiger partial charge in [0.2, 0.25) is 5.91 Å². The van der Waals surface area contributed by atoms with Crippen LogP contribution in [-0.4, -0.2) is 21.1 Å². The number of anilines is 1. The van der Waals surface area contributed by atoms with Gasteiger partial charge >= 0.3 is 6.01 Å². The number of hydrogen-bond donors (Lipinski definition) is 1. The molecule has 0 unspecified atom stereocenters. The molecular weight excluding hydrogens is 232 g/mol. The van der Waals surface area contributed by atoms with Crippen molar-refractivity contribution < 1.29 is 9.21 Å². The average Bonchev–Trinajstić information content (AvgIpc) is 3.10. The number of nitrogens with one attached hydrogen (secondary N) is 1. The van der Waals surface area contributed by atoms with E-state index in [0.29, 0.717) is 11.6 Å². The lowest BCUT2D eigenvalue weighted by Crippen LogP contribution is -2.13. The van der Waals surface area contributed by atoms with E-state index in [2.05, 4.69) is 20.5 Å². The maximum absolute atomic E-state index is 11.5. The Morgan fingerprint density at radius 2 is 2.28 bits per heavy atom. The van der Waals surface area contributed by atoms with Crippen LogP contribution in [0.3, 0.4) is 0 Å². The van der Waals surface area contributed by atoms with Crippen molar-refractivity contribution in [2.45, 2.75) is 19.8 Å². The molecule has 3 rings (SSSR count). The molecule has 1 amide bonds. The summed E-state index contributed by atoms with van der Waals surface area (Å²) in [6.07, 6.45) is 3.55. The van der Waals surface area contributed by atoms with Gasteiger partial charge in [-0.2, -0.15) is 0 Å². The zero-order valence-electron chi connectivity index (χ0n) is 9.88. The summed E-state index contributed by atoms with van der Waals surface area (Å²) in [6.45, 7) is 1.96. The summed E-state index contributed by atoms with van der Waals surface area (Å²) >= 11 is 0. The topological polar surface area (TPSA) is 80.9 Å². The van der Waals surface area contributed by atoms with Crippen LogP contribution < -0.4 is 5.32 Å². The van der Waals surface area contributed by atoms with Crippen molar-refractivity contribution in [3.8, 4) is 11.6 Å². The van der Waals surface area contributed by atoms with Gasteiger partial charge in [0.1, 0.15) is 5.69 Å². The summed E-state index contributed by atoms with van der Waals surface area (Å²) in [5, 5.41) is 10.3. The van der Waals surface area contributed by atoms with Gasteiger partial charge in [-0.05, 0) is 37.5 Å². The van der Waals surface area contributed by atoms with Crippen molar-refractivity contribution in [2.75, 3.05) is 5.32 Å². The van der Waals surface area contributed by atoms with Gasteiger partial charge in [-0.3, -0.25) is 15.1 Å². The van der Waals surface area contributed by atoms with Gasteiger partial charge in [0.15, 0.2) is 0 Å². The number of aromatic nitrogens is 3. The van der Waals surface area contributed by atoms with E-state index in [1.54, 1.807) is 6.20 Å². The molecule has 2 aromatic heterocycles. The third-order valence-corrected chi connectivity index (χ3v) is 2.74. The predicted molar refractivity (Wildman–Crippen MR) is 63.6 cm³/mol. The quantitative estimate of drug-likeness (QED) is 0.890. The molecule has 18 heavy (non-hydrogen) atoms. The fourth-order valence-corrected chi connectivity index (χ4v) is 1.58. The molecule has 0 aromatic carbocycles. The zero-order chi connectivity index (χ0) is 12.5. The molecule has 0 aliphatic heterocycles. The molecule has 0 saturated heterocycles. The molecule has 6 heteroatoms. The Bertz CT molecular complexity index is 589. The van der Waals surface area contributed by atoms with Crippen molar-refractivity contribution in [3.63, 3.8) is 0 Å². The molecule has 1 aliphatic carbocycles. The Balaban J connectivity index is 1.78. The number of aryl methyl sites for hydroxylation is 1. The minimum absolute atomic E-state index is 0.0533. The summed E-state index contributed by atoms with van der Waals surface area (Å²) in [7, 11) is 0. The first-order chi connectivity index (χ1) is 8.72. The van der Waals surface area contributed by atoms with Crippen LogP contribution in [-0.2, 0) is 4.79 Å². The second kappa shape index (κ2) is 4.21. The third kappa shape index (κ3) is 2.22. The lowest BCUT2D eigenvalue weighted by atomic mass is 10.2. The monoisotopic (exact) mass is 244 g/mol.